The van der Waals surface area contributed by atoms with Crippen molar-refractivity contribution in [1.82, 2.24) is 15.5 Å². The summed E-state index contributed by atoms with van der Waals surface area (Å²) in [7, 11) is 3.81. The van der Waals surface area contributed by atoms with Gasteiger partial charge in [0.2, 0.25) is 0 Å². The van der Waals surface area contributed by atoms with Gasteiger partial charge in [0.05, 0.1) is 13.2 Å². The van der Waals surface area contributed by atoms with E-state index in [-0.39, 0.29) is 12.6 Å². The van der Waals surface area contributed by atoms with Gasteiger partial charge in [-0.15, -0.1) is 0 Å². The third-order valence-corrected chi connectivity index (χ3v) is 4.42. The molecule has 0 amide bonds. The Balaban J connectivity index is 1.82. The molecule has 0 atom stereocenters. The summed E-state index contributed by atoms with van der Waals surface area (Å²) in [6, 6.07) is 3.00. The Morgan fingerprint density at radius 1 is 1.32 bits per heavy atom. The highest BCUT2D eigenvalue weighted by atomic mass is 19.1. The zero-order valence-corrected chi connectivity index (χ0v) is 17.2. The van der Waals surface area contributed by atoms with E-state index in [1.165, 1.54) is 12.1 Å². The molecule has 1 aromatic carbocycles. The van der Waals surface area contributed by atoms with Crippen LogP contribution < -0.4 is 15.4 Å². The predicted molar refractivity (Wildman–Crippen MR) is 108 cm³/mol. The molecule has 0 bridgehead atoms. The van der Waals surface area contributed by atoms with Gasteiger partial charge in [-0.25, -0.2) is 4.39 Å². The number of ether oxygens (including phenoxy) is 3. The first-order valence-corrected chi connectivity index (χ1v) is 9.85. The summed E-state index contributed by atoms with van der Waals surface area (Å²) in [5, 5.41) is 6.56. The zero-order chi connectivity index (χ0) is 20.2. The molecular formula is C20H33FN4O3. The van der Waals surface area contributed by atoms with Crippen molar-refractivity contribution >= 4 is 5.96 Å². The van der Waals surface area contributed by atoms with Crippen LogP contribution in [0, 0.1) is 5.82 Å². The number of likely N-dealkylation sites (N-methyl/N-ethyl adjacent to an activating group) is 1. The molecule has 0 saturated carbocycles. The zero-order valence-electron chi connectivity index (χ0n) is 17.2. The van der Waals surface area contributed by atoms with Crippen LogP contribution in [0.5, 0.6) is 5.75 Å². The number of benzene rings is 1. The van der Waals surface area contributed by atoms with Crippen molar-refractivity contribution in [3.8, 4) is 5.75 Å². The summed E-state index contributed by atoms with van der Waals surface area (Å²) < 4.78 is 29.7. The van der Waals surface area contributed by atoms with E-state index >= 15 is 0 Å². The van der Waals surface area contributed by atoms with E-state index in [0.717, 1.165) is 55.5 Å². The smallest absolute Gasteiger partial charge is 0.191 e. The molecule has 0 spiro atoms. The minimum atomic E-state index is -0.264. The number of hydrogen-bond donors (Lipinski definition) is 2. The third-order valence-electron chi connectivity index (χ3n) is 4.42. The molecule has 28 heavy (non-hydrogen) atoms. The van der Waals surface area contributed by atoms with Gasteiger partial charge in [-0.05, 0) is 44.5 Å². The van der Waals surface area contributed by atoms with Gasteiger partial charge in [0.1, 0.15) is 11.6 Å². The van der Waals surface area contributed by atoms with E-state index < -0.39 is 0 Å². The van der Waals surface area contributed by atoms with Crippen molar-refractivity contribution in [3.05, 3.63) is 29.1 Å². The molecule has 7 nitrogen and oxygen atoms in total. The summed E-state index contributed by atoms with van der Waals surface area (Å²) in [5.74, 6) is 1.25. The maximum absolute atomic E-state index is 13.8. The standard InChI is InChI=1S/C20H33FN4O3/c1-4-22-20(24-8-10-25(2)9-5-11-26-3)23-7-6-16-12-18(21)13-17-14-27-15-28-19(16)17/h12-13H,4-11,14-15H2,1-3H3,(H2,22,23,24). The molecule has 8 heteroatoms. The number of guanidine groups is 1. The van der Waals surface area contributed by atoms with E-state index in [9.17, 15) is 4.39 Å². The Bertz CT molecular complexity index is 628. The Morgan fingerprint density at radius 3 is 2.96 bits per heavy atom. The van der Waals surface area contributed by atoms with Gasteiger partial charge in [0.25, 0.3) is 0 Å². The predicted octanol–water partition coefficient (Wildman–Crippen LogP) is 1.76. The molecule has 0 saturated heterocycles. The first-order chi connectivity index (χ1) is 13.6. The van der Waals surface area contributed by atoms with Crippen LogP contribution in [0.4, 0.5) is 4.39 Å². The molecule has 0 fully saturated rings. The lowest BCUT2D eigenvalue weighted by Gasteiger charge is -2.21. The fourth-order valence-electron chi connectivity index (χ4n) is 3.02. The van der Waals surface area contributed by atoms with Crippen molar-refractivity contribution in [1.29, 1.82) is 0 Å². The van der Waals surface area contributed by atoms with Crippen molar-refractivity contribution in [2.24, 2.45) is 4.99 Å². The highest BCUT2D eigenvalue weighted by Gasteiger charge is 2.16. The fourth-order valence-corrected chi connectivity index (χ4v) is 3.02. The van der Waals surface area contributed by atoms with Crippen LogP contribution in [0.25, 0.3) is 0 Å². The van der Waals surface area contributed by atoms with Gasteiger partial charge in [-0.3, -0.25) is 4.99 Å². The van der Waals surface area contributed by atoms with E-state index in [2.05, 4.69) is 27.6 Å². The number of halogens is 1. The van der Waals surface area contributed by atoms with Crippen LogP contribution in [0.15, 0.2) is 17.1 Å². The SMILES string of the molecule is CCNC(=NCCN(C)CCCOC)NCCc1cc(F)cc2c1OCOC2. The topological polar surface area (TPSA) is 67.4 Å². The van der Waals surface area contributed by atoms with Crippen LogP contribution in [0.3, 0.4) is 0 Å². The lowest BCUT2D eigenvalue weighted by molar-refractivity contribution is -0.0172. The van der Waals surface area contributed by atoms with Crippen LogP contribution >= 0.6 is 0 Å². The first-order valence-electron chi connectivity index (χ1n) is 9.85. The van der Waals surface area contributed by atoms with Crippen LogP contribution in [0.2, 0.25) is 0 Å². The number of methoxy groups -OCH3 is 1. The molecule has 0 aliphatic carbocycles. The normalized spacial score (nSPS) is 14.0. The van der Waals surface area contributed by atoms with Crippen molar-refractivity contribution < 1.29 is 18.6 Å². The summed E-state index contributed by atoms with van der Waals surface area (Å²) in [5.41, 5.74) is 1.61. The largest absolute Gasteiger partial charge is 0.467 e. The maximum atomic E-state index is 13.8. The molecule has 1 aliphatic heterocycles. The summed E-state index contributed by atoms with van der Waals surface area (Å²) in [4.78, 5) is 6.85. The molecule has 0 radical (unpaired) electrons. The van der Waals surface area contributed by atoms with Crippen molar-refractivity contribution in [2.75, 3.05) is 60.3 Å². The Hall–Kier alpha value is -1.90. The highest BCUT2D eigenvalue weighted by molar-refractivity contribution is 5.79. The molecule has 158 valence electrons. The first kappa shape index (κ1) is 22.4. The quantitative estimate of drug-likeness (QED) is 0.338. The molecule has 0 unspecified atom stereocenters. The second-order valence-electron chi connectivity index (χ2n) is 6.75. The van der Waals surface area contributed by atoms with E-state index in [1.54, 1.807) is 7.11 Å². The van der Waals surface area contributed by atoms with Gasteiger partial charge in [0.15, 0.2) is 12.8 Å². The Labute approximate surface area is 167 Å². The van der Waals surface area contributed by atoms with Crippen LogP contribution in [-0.2, 0) is 22.5 Å². The van der Waals surface area contributed by atoms with Gasteiger partial charge >= 0.3 is 0 Å². The average molecular weight is 397 g/mol. The number of nitrogens with zero attached hydrogens (tertiary/aromatic N) is 2. The lowest BCUT2D eigenvalue weighted by Crippen LogP contribution is -2.39. The summed E-state index contributed by atoms with van der Waals surface area (Å²) >= 11 is 0. The van der Waals surface area contributed by atoms with Crippen LogP contribution in [0.1, 0.15) is 24.5 Å². The number of aliphatic imine (C=N–C) groups is 1. The third kappa shape index (κ3) is 7.61. The Kier molecular flexibility index (Phi) is 10.0. The number of fused-ring (bicyclic) bond motifs is 1. The Morgan fingerprint density at radius 2 is 2.18 bits per heavy atom. The van der Waals surface area contributed by atoms with Crippen LogP contribution in [-0.4, -0.2) is 71.1 Å². The number of hydrogen-bond acceptors (Lipinski definition) is 5. The minimum Gasteiger partial charge on any atom is -0.467 e. The second kappa shape index (κ2) is 12.5. The van der Waals surface area contributed by atoms with E-state index in [1.807, 2.05) is 6.92 Å². The molecule has 1 aromatic rings. The molecule has 1 aliphatic rings. The van der Waals surface area contributed by atoms with E-state index in [0.29, 0.717) is 26.1 Å². The van der Waals surface area contributed by atoms with Crippen molar-refractivity contribution in [2.45, 2.75) is 26.4 Å². The molecule has 1 heterocycles. The maximum Gasteiger partial charge on any atom is 0.191 e. The molecule has 2 N–H and O–H groups in total. The molecular weight excluding hydrogens is 363 g/mol. The average Bonchev–Trinajstić information content (AvgIpc) is 2.68. The molecule has 2 rings (SSSR count). The summed E-state index contributed by atoms with van der Waals surface area (Å²) in [6.07, 6.45) is 1.65. The van der Waals surface area contributed by atoms with Gasteiger partial charge in [-0.2, -0.15) is 0 Å². The number of rotatable bonds is 11. The van der Waals surface area contributed by atoms with Crippen molar-refractivity contribution in [3.63, 3.8) is 0 Å². The monoisotopic (exact) mass is 396 g/mol. The second-order valence-corrected chi connectivity index (χ2v) is 6.75. The van der Waals surface area contributed by atoms with E-state index in [4.69, 9.17) is 14.2 Å². The molecule has 0 aromatic heterocycles. The highest BCUT2D eigenvalue weighted by Crippen LogP contribution is 2.29. The van der Waals surface area contributed by atoms with Gasteiger partial charge < -0.3 is 29.7 Å². The summed E-state index contributed by atoms with van der Waals surface area (Å²) in [6.45, 7) is 7.39. The minimum absolute atomic E-state index is 0.209. The number of nitrogens with one attached hydrogen (secondary N) is 2. The van der Waals surface area contributed by atoms with Gasteiger partial charge in [0, 0.05) is 45.5 Å². The fraction of sp³-hybridized carbons (Fsp3) is 0.650. The lowest BCUT2D eigenvalue weighted by atomic mass is 10.1. The van der Waals surface area contributed by atoms with Gasteiger partial charge in [-0.1, -0.05) is 0 Å².